The van der Waals surface area contributed by atoms with Crippen LogP contribution in [-0.4, -0.2) is 62.0 Å². The fourth-order valence-corrected chi connectivity index (χ4v) is 4.96. The normalized spacial score (nSPS) is 14.1. The molecular formula is C28H22N8O. The minimum Gasteiger partial charge on any atom is -0.353 e. The average Bonchev–Trinajstić information content (AvgIpc) is 2.97. The number of nitrogens with zero attached hydrogens (tertiary/aromatic N) is 7. The first-order valence-corrected chi connectivity index (χ1v) is 12.2. The van der Waals surface area contributed by atoms with Gasteiger partial charge in [0.1, 0.15) is 5.82 Å². The highest BCUT2D eigenvalue weighted by Crippen LogP contribution is 2.32. The third-order valence-corrected chi connectivity index (χ3v) is 6.81. The number of amides is 2. The van der Waals surface area contributed by atoms with Crippen molar-refractivity contribution in [3.8, 4) is 0 Å². The van der Waals surface area contributed by atoms with Crippen molar-refractivity contribution < 1.29 is 4.79 Å². The number of benzene rings is 2. The summed E-state index contributed by atoms with van der Waals surface area (Å²) in [4.78, 5) is 40.5. The number of rotatable bonds is 2. The number of carbonyl (C=O) groups is 1. The minimum absolute atomic E-state index is 0.125. The van der Waals surface area contributed by atoms with Crippen molar-refractivity contribution in [1.82, 2.24) is 29.8 Å². The molecule has 2 aromatic carbocycles. The highest BCUT2D eigenvalue weighted by atomic mass is 16.2. The first-order chi connectivity index (χ1) is 18.2. The Labute approximate surface area is 211 Å². The molecule has 1 aliphatic rings. The molecule has 9 nitrogen and oxygen atoms in total. The van der Waals surface area contributed by atoms with Crippen LogP contribution in [0.4, 0.5) is 16.3 Å². The Balaban J connectivity index is 1.19. The van der Waals surface area contributed by atoms with Crippen LogP contribution in [0.25, 0.3) is 43.9 Å². The number of urea groups is 1. The molecular weight excluding hydrogens is 464 g/mol. The molecule has 0 radical (unpaired) electrons. The van der Waals surface area contributed by atoms with Crippen LogP contribution in [-0.2, 0) is 0 Å². The molecule has 1 fully saturated rings. The zero-order valence-corrected chi connectivity index (χ0v) is 19.9. The molecule has 1 aliphatic heterocycles. The van der Waals surface area contributed by atoms with Crippen molar-refractivity contribution in [3.63, 3.8) is 0 Å². The van der Waals surface area contributed by atoms with E-state index in [0.29, 0.717) is 24.3 Å². The molecule has 0 saturated carbocycles. The van der Waals surface area contributed by atoms with Crippen LogP contribution in [0.1, 0.15) is 0 Å². The second-order valence-corrected chi connectivity index (χ2v) is 9.02. The third kappa shape index (κ3) is 3.72. The largest absolute Gasteiger partial charge is 0.353 e. The Kier molecular flexibility index (Phi) is 4.99. The molecule has 0 atom stereocenters. The van der Waals surface area contributed by atoms with Crippen LogP contribution >= 0.6 is 0 Å². The maximum Gasteiger partial charge on any atom is 0.321 e. The van der Waals surface area contributed by atoms with E-state index in [4.69, 9.17) is 9.97 Å². The number of anilines is 2. The number of fused-ring (bicyclic) bond motifs is 7. The van der Waals surface area contributed by atoms with Crippen LogP contribution in [0.2, 0.25) is 0 Å². The Hall–Kier alpha value is -4.92. The summed E-state index contributed by atoms with van der Waals surface area (Å²) in [5.41, 5.74) is 5.31. The molecule has 37 heavy (non-hydrogen) atoms. The van der Waals surface area contributed by atoms with Crippen molar-refractivity contribution in [2.75, 3.05) is 36.4 Å². The van der Waals surface area contributed by atoms with Crippen molar-refractivity contribution in [2.24, 2.45) is 0 Å². The fourth-order valence-electron chi connectivity index (χ4n) is 4.96. The highest BCUT2D eigenvalue weighted by Gasteiger charge is 2.22. The minimum atomic E-state index is -0.125. The number of hydrogen-bond acceptors (Lipinski definition) is 7. The van der Waals surface area contributed by atoms with Gasteiger partial charge in [0, 0.05) is 61.2 Å². The van der Waals surface area contributed by atoms with E-state index in [1.807, 2.05) is 65.6 Å². The lowest BCUT2D eigenvalue weighted by Gasteiger charge is -2.35. The van der Waals surface area contributed by atoms with Gasteiger partial charge in [-0.2, -0.15) is 0 Å². The Morgan fingerprint density at radius 1 is 0.676 bits per heavy atom. The van der Waals surface area contributed by atoms with Crippen LogP contribution in [0.3, 0.4) is 0 Å². The van der Waals surface area contributed by atoms with Crippen molar-refractivity contribution >= 4 is 61.4 Å². The van der Waals surface area contributed by atoms with Gasteiger partial charge in [0.2, 0.25) is 0 Å². The lowest BCUT2D eigenvalue weighted by Crippen LogP contribution is -2.50. The molecule has 0 unspecified atom stereocenters. The number of hydrogen-bond donors (Lipinski definition) is 1. The monoisotopic (exact) mass is 486 g/mol. The summed E-state index contributed by atoms with van der Waals surface area (Å²) in [6.45, 7) is 2.73. The molecule has 9 heteroatoms. The van der Waals surface area contributed by atoms with E-state index in [9.17, 15) is 4.79 Å². The van der Waals surface area contributed by atoms with Crippen LogP contribution in [0.5, 0.6) is 0 Å². The van der Waals surface area contributed by atoms with Crippen molar-refractivity contribution in [3.05, 3.63) is 79.3 Å². The second kappa shape index (κ2) is 8.63. The SMILES string of the molecule is O=C(Nc1ccc2nc3c4cccnc4c4ncccc4c3nc2c1)N1CCN(c2ccccn2)CC1. The van der Waals surface area contributed by atoms with Crippen molar-refractivity contribution in [1.29, 1.82) is 0 Å². The zero-order chi connectivity index (χ0) is 24.8. The predicted molar refractivity (Wildman–Crippen MR) is 145 cm³/mol. The third-order valence-electron chi connectivity index (χ3n) is 6.81. The second-order valence-electron chi connectivity index (χ2n) is 9.02. The van der Waals surface area contributed by atoms with Crippen molar-refractivity contribution in [2.45, 2.75) is 0 Å². The van der Waals surface area contributed by atoms with Crippen LogP contribution in [0, 0.1) is 0 Å². The fraction of sp³-hybridized carbons (Fsp3) is 0.143. The zero-order valence-electron chi connectivity index (χ0n) is 19.9. The van der Waals surface area contributed by atoms with Gasteiger partial charge in [0.15, 0.2) is 0 Å². The first kappa shape index (κ1) is 21.4. The van der Waals surface area contributed by atoms with Gasteiger partial charge in [0.25, 0.3) is 0 Å². The molecule has 2 amide bonds. The van der Waals surface area contributed by atoms with Crippen LogP contribution < -0.4 is 10.2 Å². The van der Waals surface area contributed by atoms with E-state index in [1.165, 1.54) is 0 Å². The molecule has 0 aliphatic carbocycles. The first-order valence-electron chi connectivity index (χ1n) is 12.2. The highest BCUT2D eigenvalue weighted by molar-refractivity contribution is 6.21. The van der Waals surface area contributed by atoms with Gasteiger partial charge in [-0.15, -0.1) is 0 Å². The lowest BCUT2D eigenvalue weighted by atomic mass is 10.1. The number of carbonyl (C=O) groups excluding carboxylic acids is 1. The van der Waals surface area contributed by atoms with Gasteiger partial charge in [-0.05, 0) is 54.6 Å². The molecule has 0 spiro atoms. The quantitative estimate of drug-likeness (QED) is 0.281. The summed E-state index contributed by atoms with van der Waals surface area (Å²) in [5.74, 6) is 0.939. The Morgan fingerprint density at radius 3 is 2.03 bits per heavy atom. The van der Waals surface area contributed by atoms with E-state index in [0.717, 1.165) is 57.3 Å². The predicted octanol–water partition coefficient (Wildman–Crippen LogP) is 4.63. The smallest absolute Gasteiger partial charge is 0.321 e. The lowest BCUT2D eigenvalue weighted by molar-refractivity contribution is 0.208. The number of aromatic nitrogens is 5. The van der Waals surface area contributed by atoms with Crippen LogP contribution in [0.15, 0.2) is 79.3 Å². The van der Waals surface area contributed by atoms with E-state index in [-0.39, 0.29) is 6.03 Å². The summed E-state index contributed by atoms with van der Waals surface area (Å²) in [7, 11) is 0. The standard InChI is InChI=1S/C28H22N8O/c37-28(36-15-13-35(14-16-36)23-7-1-2-10-29-23)32-18-8-9-21-22(17-18)34-27-20-6-4-12-31-25(20)24-19(26(27)33-21)5-3-11-30-24/h1-12,17H,13-16H2,(H,32,37). The van der Waals surface area contributed by atoms with E-state index in [2.05, 4.69) is 25.2 Å². The van der Waals surface area contributed by atoms with Gasteiger partial charge in [-0.25, -0.2) is 19.7 Å². The summed E-state index contributed by atoms with van der Waals surface area (Å²) < 4.78 is 0. The van der Waals surface area contributed by atoms with Gasteiger partial charge in [-0.1, -0.05) is 6.07 Å². The molecule has 1 saturated heterocycles. The number of pyridine rings is 3. The molecule has 0 bridgehead atoms. The Bertz CT molecular complexity index is 1800. The number of piperazine rings is 1. The molecule has 6 aromatic rings. The van der Waals surface area contributed by atoms with Gasteiger partial charge in [-0.3, -0.25) is 9.97 Å². The molecule has 1 N–H and O–H groups in total. The van der Waals surface area contributed by atoms with E-state index >= 15 is 0 Å². The molecule has 7 rings (SSSR count). The molecule has 4 aromatic heterocycles. The van der Waals surface area contributed by atoms with Gasteiger partial charge < -0.3 is 15.1 Å². The summed E-state index contributed by atoms with van der Waals surface area (Å²) in [6, 6.07) is 19.2. The Morgan fingerprint density at radius 2 is 1.35 bits per heavy atom. The maximum atomic E-state index is 13.0. The van der Waals surface area contributed by atoms with Gasteiger partial charge >= 0.3 is 6.03 Å². The van der Waals surface area contributed by atoms with Gasteiger partial charge in [0.05, 0.1) is 33.1 Å². The summed E-state index contributed by atoms with van der Waals surface area (Å²) >= 11 is 0. The maximum absolute atomic E-state index is 13.0. The molecule has 5 heterocycles. The van der Waals surface area contributed by atoms with E-state index in [1.54, 1.807) is 18.6 Å². The average molecular weight is 487 g/mol. The summed E-state index contributed by atoms with van der Waals surface area (Å²) in [6.07, 6.45) is 5.32. The topological polar surface area (TPSA) is 100 Å². The number of nitrogens with one attached hydrogen (secondary N) is 1. The van der Waals surface area contributed by atoms with E-state index < -0.39 is 0 Å². The summed E-state index contributed by atoms with van der Waals surface area (Å²) in [5, 5.41) is 4.85. The molecule has 180 valence electrons.